The smallest absolute Gasteiger partial charge is 0.311 e. The van der Waals surface area contributed by atoms with E-state index in [2.05, 4.69) is 6.92 Å². The van der Waals surface area contributed by atoms with Crippen LogP contribution in [-0.4, -0.2) is 33.9 Å². The molecule has 0 aromatic carbocycles. The highest BCUT2D eigenvalue weighted by Crippen LogP contribution is 2.47. The average Bonchev–Trinajstić information content (AvgIpc) is 2.23. The number of carbonyl (C=O) groups excluding carboxylic acids is 1. The predicted octanol–water partition coefficient (Wildman–Crippen LogP) is 1.42. The second-order valence-electron chi connectivity index (χ2n) is 6.61. The second-order valence-corrected chi connectivity index (χ2v) is 6.61. The van der Waals surface area contributed by atoms with E-state index in [1.54, 1.807) is 6.92 Å². The monoisotopic (exact) mass is 272 g/mol. The molecular formula is C14H24O5. The minimum atomic E-state index is -1.45. The summed E-state index contributed by atoms with van der Waals surface area (Å²) in [6.07, 6.45) is 1.19. The van der Waals surface area contributed by atoms with Crippen LogP contribution in [0.25, 0.3) is 0 Å². The summed E-state index contributed by atoms with van der Waals surface area (Å²) in [4.78, 5) is 11.9. The average molecular weight is 272 g/mol. The third-order valence-electron chi connectivity index (χ3n) is 4.29. The van der Waals surface area contributed by atoms with Crippen LogP contribution in [-0.2, 0) is 14.3 Å². The summed E-state index contributed by atoms with van der Waals surface area (Å²) in [5.74, 6) is -1.97. The van der Waals surface area contributed by atoms with Crippen LogP contribution < -0.4 is 0 Å². The van der Waals surface area contributed by atoms with Gasteiger partial charge in [-0.05, 0) is 32.6 Å². The Balaban J connectivity index is 2.28. The standard InChI is InChI=1S/C14H24O5/c1-8-5-6-10-9(2)11(15)18-12(14(10,17)7-8)19-13(3,4)16/h8-10,12,16-17H,5-7H2,1-4H3/t8-,9?,10+,12?,14-/m1/s1. The van der Waals surface area contributed by atoms with E-state index in [9.17, 15) is 15.0 Å². The Kier molecular flexibility index (Phi) is 3.66. The molecule has 0 bridgehead atoms. The fourth-order valence-electron chi connectivity index (χ4n) is 3.35. The van der Waals surface area contributed by atoms with Gasteiger partial charge in [0.05, 0.1) is 5.92 Å². The Morgan fingerprint density at radius 3 is 2.58 bits per heavy atom. The Morgan fingerprint density at radius 1 is 1.37 bits per heavy atom. The molecule has 2 unspecified atom stereocenters. The number of rotatable bonds is 2. The van der Waals surface area contributed by atoms with Crippen LogP contribution in [0.5, 0.6) is 0 Å². The first-order valence-electron chi connectivity index (χ1n) is 6.96. The number of fused-ring (bicyclic) bond motifs is 1. The summed E-state index contributed by atoms with van der Waals surface area (Å²) < 4.78 is 10.6. The topological polar surface area (TPSA) is 76.0 Å². The maximum Gasteiger partial charge on any atom is 0.311 e. The van der Waals surface area contributed by atoms with Crippen molar-refractivity contribution in [2.75, 3.05) is 0 Å². The van der Waals surface area contributed by atoms with Gasteiger partial charge in [-0.2, -0.15) is 0 Å². The van der Waals surface area contributed by atoms with Crippen molar-refractivity contribution in [3.63, 3.8) is 0 Å². The lowest BCUT2D eigenvalue weighted by Gasteiger charge is -2.51. The molecule has 0 spiro atoms. The van der Waals surface area contributed by atoms with Crippen LogP contribution in [0, 0.1) is 17.8 Å². The van der Waals surface area contributed by atoms with E-state index in [0.717, 1.165) is 12.8 Å². The van der Waals surface area contributed by atoms with E-state index in [1.807, 2.05) is 0 Å². The van der Waals surface area contributed by atoms with Gasteiger partial charge in [0.2, 0.25) is 6.29 Å². The van der Waals surface area contributed by atoms with Gasteiger partial charge in [-0.3, -0.25) is 4.79 Å². The summed E-state index contributed by atoms with van der Waals surface area (Å²) in [7, 11) is 0. The van der Waals surface area contributed by atoms with Crippen molar-refractivity contribution in [1.29, 1.82) is 0 Å². The molecule has 19 heavy (non-hydrogen) atoms. The van der Waals surface area contributed by atoms with Crippen LogP contribution in [0.15, 0.2) is 0 Å². The van der Waals surface area contributed by atoms with Crippen LogP contribution in [0.3, 0.4) is 0 Å². The largest absolute Gasteiger partial charge is 0.432 e. The van der Waals surface area contributed by atoms with Crippen molar-refractivity contribution in [3.8, 4) is 0 Å². The van der Waals surface area contributed by atoms with Crippen molar-refractivity contribution in [2.24, 2.45) is 17.8 Å². The maximum absolute atomic E-state index is 11.9. The van der Waals surface area contributed by atoms with Crippen LogP contribution in [0.2, 0.25) is 0 Å². The maximum atomic E-state index is 11.9. The van der Waals surface area contributed by atoms with Crippen molar-refractivity contribution < 1.29 is 24.5 Å². The number of ether oxygens (including phenoxy) is 2. The molecule has 1 saturated heterocycles. The lowest BCUT2D eigenvalue weighted by atomic mass is 9.65. The fraction of sp³-hybridized carbons (Fsp3) is 0.929. The molecule has 1 heterocycles. The number of hydrogen-bond donors (Lipinski definition) is 2. The molecule has 2 aliphatic rings. The van der Waals surface area contributed by atoms with Gasteiger partial charge >= 0.3 is 5.97 Å². The van der Waals surface area contributed by atoms with E-state index in [0.29, 0.717) is 12.3 Å². The van der Waals surface area contributed by atoms with E-state index in [-0.39, 0.29) is 17.8 Å². The van der Waals surface area contributed by atoms with Crippen molar-refractivity contribution in [1.82, 2.24) is 0 Å². The van der Waals surface area contributed by atoms with Gasteiger partial charge in [0.15, 0.2) is 5.79 Å². The Bertz CT molecular complexity index is 361. The Labute approximate surface area is 113 Å². The van der Waals surface area contributed by atoms with Crippen molar-refractivity contribution >= 4 is 5.97 Å². The molecule has 110 valence electrons. The number of aliphatic hydroxyl groups is 2. The SMILES string of the molecule is CC1C(=O)OC(OC(C)(C)O)[C@@]2(O)C[C@H](C)CC[C@@H]12. The molecule has 2 N–H and O–H groups in total. The van der Waals surface area contributed by atoms with Gasteiger partial charge in [-0.15, -0.1) is 0 Å². The predicted molar refractivity (Wildman–Crippen MR) is 67.9 cm³/mol. The van der Waals surface area contributed by atoms with Gasteiger partial charge in [-0.25, -0.2) is 0 Å². The summed E-state index contributed by atoms with van der Waals surface area (Å²) in [5, 5.41) is 20.7. The first kappa shape index (κ1) is 14.8. The highest BCUT2D eigenvalue weighted by atomic mass is 16.8. The minimum Gasteiger partial charge on any atom is -0.432 e. The third-order valence-corrected chi connectivity index (χ3v) is 4.29. The van der Waals surface area contributed by atoms with Crippen molar-refractivity contribution in [2.45, 2.75) is 64.6 Å². The molecule has 2 fully saturated rings. The number of carbonyl (C=O) groups is 1. The zero-order chi connectivity index (χ0) is 14.4. The van der Waals surface area contributed by atoms with Gasteiger partial charge < -0.3 is 19.7 Å². The third kappa shape index (κ3) is 2.78. The molecule has 1 saturated carbocycles. The number of esters is 1. The van der Waals surface area contributed by atoms with E-state index < -0.39 is 17.7 Å². The van der Waals surface area contributed by atoms with Gasteiger partial charge in [0.25, 0.3) is 0 Å². The molecule has 5 heteroatoms. The molecule has 1 aliphatic carbocycles. The first-order chi connectivity index (χ1) is 8.63. The quantitative estimate of drug-likeness (QED) is 0.587. The minimum absolute atomic E-state index is 0.169. The second kappa shape index (κ2) is 4.72. The molecule has 0 aromatic rings. The van der Waals surface area contributed by atoms with E-state index >= 15 is 0 Å². The fourth-order valence-corrected chi connectivity index (χ4v) is 3.35. The molecule has 5 atom stereocenters. The highest BCUT2D eigenvalue weighted by Gasteiger charge is 2.57. The summed E-state index contributed by atoms with van der Waals surface area (Å²) in [6, 6.07) is 0. The molecule has 5 nitrogen and oxygen atoms in total. The zero-order valence-electron chi connectivity index (χ0n) is 12.0. The summed E-state index contributed by atoms with van der Waals surface area (Å²) in [5.41, 5.74) is -1.20. The molecule has 2 rings (SSSR count). The lowest BCUT2D eigenvalue weighted by Crippen LogP contribution is -2.63. The normalized spacial score (nSPS) is 43.6. The first-order valence-corrected chi connectivity index (χ1v) is 6.96. The van der Waals surface area contributed by atoms with E-state index in [1.165, 1.54) is 13.8 Å². The van der Waals surface area contributed by atoms with Crippen LogP contribution >= 0.6 is 0 Å². The molecule has 0 radical (unpaired) electrons. The van der Waals surface area contributed by atoms with Gasteiger partial charge in [-0.1, -0.05) is 20.3 Å². The zero-order valence-corrected chi connectivity index (χ0v) is 12.0. The lowest BCUT2D eigenvalue weighted by molar-refractivity contribution is -0.344. The van der Waals surface area contributed by atoms with Gasteiger partial charge in [0.1, 0.15) is 5.60 Å². The molecule has 1 aliphatic heterocycles. The van der Waals surface area contributed by atoms with E-state index in [4.69, 9.17) is 9.47 Å². The number of cyclic esters (lactones) is 1. The number of hydrogen-bond acceptors (Lipinski definition) is 5. The Morgan fingerprint density at radius 2 is 2.00 bits per heavy atom. The molecule has 0 aromatic heterocycles. The molecular weight excluding hydrogens is 248 g/mol. The molecule has 0 amide bonds. The highest BCUT2D eigenvalue weighted by molar-refractivity contribution is 5.73. The summed E-state index contributed by atoms with van der Waals surface area (Å²) in [6.45, 7) is 6.78. The van der Waals surface area contributed by atoms with Crippen molar-refractivity contribution in [3.05, 3.63) is 0 Å². The Hall–Kier alpha value is -0.650. The van der Waals surface area contributed by atoms with Crippen LogP contribution in [0.4, 0.5) is 0 Å². The van der Waals surface area contributed by atoms with Gasteiger partial charge in [0, 0.05) is 5.92 Å². The van der Waals surface area contributed by atoms with Crippen LogP contribution in [0.1, 0.15) is 47.0 Å². The summed E-state index contributed by atoms with van der Waals surface area (Å²) >= 11 is 0.